The largest absolute Gasteiger partial charge is 0.326 e. The lowest BCUT2D eigenvalue weighted by Gasteiger charge is -2.29. The van der Waals surface area contributed by atoms with E-state index in [4.69, 9.17) is 5.73 Å². The van der Waals surface area contributed by atoms with Crippen LogP contribution in [0, 0.1) is 0 Å². The fraction of sp³-hybridized carbons (Fsp3) is 0.571. The van der Waals surface area contributed by atoms with Crippen LogP contribution in [-0.4, -0.2) is 39.5 Å². The van der Waals surface area contributed by atoms with Crippen LogP contribution in [0.25, 0.3) is 0 Å². The van der Waals surface area contributed by atoms with Gasteiger partial charge in [-0.1, -0.05) is 24.3 Å². The Kier molecular flexibility index (Phi) is 5.15. The van der Waals surface area contributed by atoms with E-state index in [0.29, 0.717) is 6.54 Å². The molecule has 0 atom stereocenters. The number of rotatable bonds is 5. The first kappa shape index (κ1) is 15.4. The lowest BCUT2D eigenvalue weighted by Crippen LogP contribution is -2.43. The van der Waals surface area contributed by atoms with Crippen molar-refractivity contribution in [2.24, 2.45) is 5.73 Å². The summed E-state index contributed by atoms with van der Waals surface area (Å²) in [5, 5.41) is 0. The molecule has 0 bridgehead atoms. The van der Waals surface area contributed by atoms with Crippen LogP contribution >= 0.6 is 0 Å². The van der Waals surface area contributed by atoms with Gasteiger partial charge in [0.15, 0.2) is 0 Å². The highest BCUT2D eigenvalue weighted by molar-refractivity contribution is 7.88. The third-order valence-corrected chi connectivity index (χ3v) is 5.13. The summed E-state index contributed by atoms with van der Waals surface area (Å²) < 4.78 is 27.3. The first-order valence-corrected chi connectivity index (χ1v) is 8.61. The van der Waals surface area contributed by atoms with Crippen molar-refractivity contribution in [2.45, 2.75) is 31.2 Å². The Hall–Kier alpha value is -0.950. The summed E-state index contributed by atoms with van der Waals surface area (Å²) in [7, 11) is -1.25. The summed E-state index contributed by atoms with van der Waals surface area (Å²) in [6.07, 6.45) is 1.74. The van der Waals surface area contributed by atoms with Gasteiger partial charge in [-0.3, -0.25) is 0 Å². The molecule has 112 valence electrons. The zero-order chi connectivity index (χ0) is 14.6. The zero-order valence-corrected chi connectivity index (χ0v) is 12.7. The number of piperidine rings is 1. The van der Waals surface area contributed by atoms with Gasteiger partial charge in [-0.05, 0) is 44.1 Å². The molecule has 0 saturated carbocycles. The third kappa shape index (κ3) is 4.28. The Labute approximate surface area is 121 Å². The average molecular weight is 297 g/mol. The fourth-order valence-corrected chi connectivity index (χ4v) is 4.04. The smallest absolute Gasteiger partial charge is 0.216 e. The Morgan fingerprint density at radius 2 is 1.85 bits per heavy atom. The van der Waals surface area contributed by atoms with Crippen LogP contribution in [0.1, 0.15) is 24.0 Å². The summed E-state index contributed by atoms with van der Waals surface area (Å²) in [6, 6.07) is 7.49. The lowest BCUT2D eigenvalue weighted by molar-refractivity contribution is 0.248. The molecule has 2 rings (SSSR count). The van der Waals surface area contributed by atoms with Crippen LogP contribution in [0.3, 0.4) is 0 Å². The molecule has 0 aromatic heterocycles. The highest BCUT2D eigenvalue weighted by Gasteiger charge is 2.22. The maximum Gasteiger partial charge on any atom is 0.216 e. The van der Waals surface area contributed by atoms with Crippen molar-refractivity contribution in [3.8, 4) is 0 Å². The number of nitrogens with zero attached hydrogens (tertiary/aromatic N) is 1. The molecule has 0 amide bonds. The number of hydrogen-bond donors (Lipinski definition) is 2. The number of benzene rings is 1. The molecule has 1 aliphatic heterocycles. The van der Waals surface area contributed by atoms with Gasteiger partial charge < -0.3 is 10.6 Å². The monoisotopic (exact) mass is 297 g/mol. The molecule has 1 fully saturated rings. The molecule has 0 spiro atoms. The van der Waals surface area contributed by atoms with Crippen molar-refractivity contribution < 1.29 is 8.42 Å². The zero-order valence-electron chi connectivity index (χ0n) is 11.9. The van der Waals surface area contributed by atoms with Crippen molar-refractivity contribution in [1.82, 2.24) is 9.62 Å². The van der Waals surface area contributed by atoms with Crippen LogP contribution < -0.4 is 10.5 Å². The standard InChI is InChI=1S/C14H23N3O2S/c1-17-8-6-14(7-9-17)16-20(18,19)11-13-5-3-2-4-12(13)10-15/h2-5,14,16H,6-11,15H2,1H3. The molecule has 0 aliphatic carbocycles. The number of hydrogen-bond acceptors (Lipinski definition) is 4. The van der Waals surface area contributed by atoms with Crippen molar-refractivity contribution in [3.63, 3.8) is 0 Å². The SMILES string of the molecule is CN1CCC(NS(=O)(=O)Cc2ccccc2CN)CC1. The molecular weight excluding hydrogens is 274 g/mol. The predicted molar refractivity (Wildman–Crippen MR) is 80.6 cm³/mol. The molecule has 0 radical (unpaired) electrons. The molecule has 20 heavy (non-hydrogen) atoms. The van der Waals surface area contributed by atoms with Gasteiger partial charge >= 0.3 is 0 Å². The van der Waals surface area contributed by atoms with Crippen molar-refractivity contribution in [3.05, 3.63) is 35.4 Å². The molecule has 1 heterocycles. The molecule has 1 saturated heterocycles. The van der Waals surface area contributed by atoms with E-state index in [-0.39, 0.29) is 11.8 Å². The number of nitrogens with two attached hydrogens (primary N) is 1. The second-order valence-electron chi connectivity index (χ2n) is 5.43. The van der Waals surface area contributed by atoms with Crippen LogP contribution in [0.15, 0.2) is 24.3 Å². The van der Waals surface area contributed by atoms with Crippen molar-refractivity contribution in [2.75, 3.05) is 20.1 Å². The minimum atomic E-state index is -3.31. The van der Waals surface area contributed by atoms with Gasteiger partial charge in [0, 0.05) is 12.6 Å². The summed E-state index contributed by atoms with van der Waals surface area (Å²) in [5.41, 5.74) is 7.33. The van der Waals surface area contributed by atoms with E-state index < -0.39 is 10.0 Å². The minimum Gasteiger partial charge on any atom is -0.326 e. The quantitative estimate of drug-likeness (QED) is 0.837. The van der Waals surface area contributed by atoms with E-state index in [1.54, 1.807) is 0 Å². The molecule has 1 aromatic carbocycles. The van der Waals surface area contributed by atoms with Crippen LogP contribution in [-0.2, 0) is 22.3 Å². The highest BCUT2D eigenvalue weighted by Crippen LogP contribution is 2.14. The molecule has 5 nitrogen and oxygen atoms in total. The first-order valence-electron chi connectivity index (χ1n) is 6.95. The Morgan fingerprint density at radius 1 is 1.25 bits per heavy atom. The van der Waals surface area contributed by atoms with Crippen LogP contribution in [0.5, 0.6) is 0 Å². The lowest BCUT2D eigenvalue weighted by atomic mass is 10.1. The number of sulfonamides is 1. The molecule has 0 unspecified atom stereocenters. The van der Waals surface area contributed by atoms with Gasteiger partial charge in [0.05, 0.1) is 5.75 Å². The average Bonchev–Trinajstić information content (AvgIpc) is 2.41. The van der Waals surface area contributed by atoms with Crippen LogP contribution in [0.2, 0.25) is 0 Å². The van der Waals surface area contributed by atoms with E-state index in [2.05, 4.69) is 16.7 Å². The normalized spacial score (nSPS) is 18.3. The summed E-state index contributed by atoms with van der Waals surface area (Å²) in [5.74, 6) is 0.00666. The van der Waals surface area contributed by atoms with Gasteiger partial charge in [-0.25, -0.2) is 13.1 Å². The van der Waals surface area contributed by atoms with E-state index in [1.165, 1.54) is 0 Å². The van der Waals surface area contributed by atoms with Gasteiger partial charge in [-0.15, -0.1) is 0 Å². The van der Waals surface area contributed by atoms with E-state index in [9.17, 15) is 8.42 Å². The predicted octanol–water partition coefficient (Wildman–Crippen LogP) is 0.659. The Morgan fingerprint density at radius 3 is 2.45 bits per heavy atom. The Balaban J connectivity index is 2.00. The molecule has 1 aromatic rings. The van der Waals surface area contributed by atoms with Gasteiger partial charge in [-0.2, -0.15) is 0 Å². The van der Waals surface area contributed by atoms with E-state index in [0.717, 1.165) is 37.1 Å². The first-order chi connectivity index (χ1) is 9.50. The topological polar surface area (TPSA) is 75.4 Å². The van der Waals surface area contributed by atoms with Crippen LogP contribution in [0.4, 0.5) is 0 Å². The van der Waals surface area contributed by atoms with Gasteiger partial charge in [0.2, 0.25) is 10.0 Å². The number of nitrogens with one attached hydrogen (secondary N) is 1. The maximum atomic E-state index is 12.3. The third-order valence-electron chi connectivity index (χ3n) is 3.75. The maximum absolute atomic E-state index is 12.3. The molecular formula is C14H23N3O2S. The highest BCUT2D eigenvalue weighted by atomic mass is 32.2. The van der Waals surface area contributed by atoms with Gasteiger partial charge in [0.25, 0.3) is 0 Å². The summed E-state index contributed by atoms with van der Waals surface area (Å²) >= 11 is 0. The molecule has 6 heteroatoms. The fourth-order valence-electron chi connectivity index (χ4n) is 2.52. The van der Waals surface area contributed by atoms with Crippen molar-refractivity contribution in [1.29, 1.82) is 0 Å². The summed E-state index contributed by atoms with van der Waals surface area (Å²) in [4.78, 5) is 2.22. The molecule has 3 N–H and O–H groups in total. The second kappa shape index (κ2) is 6.67. The Bertz CT molecular complexity index is 537. The van der Waals surface area contributed by atoms with E-state index >= 15 is 0 Å². The van der Waals surface area contributed by atoms with Crippen molar-refractivity contribution >= 4 is 10.0 Å². The second-order valence-corrected chi connectivity index (χ2v) is 7.18. The minimum absolute atomic E-state index is 0.00666. The summed E-state index contributed by atoms with van der Waals surface area (Å²) in [6.45, 7) is 2.24. The molecule has 1 aliphatic rings. The van der Waals surface area contributed by atoms with Gasteiger partial charge in [0.1, 0.15) is 0 Å². The van der Waals surface area contributed by atoms with E-state index in [1.807, 2.05) is 24.3 Å². The number of likely N-dealkylation sites (tertiary alicyclic amines) is 1.